The second-order valence-electron chi connectivity index (χ2n) is 6.82. The summed E-state index contributed by atoms with van der Waals surface area (Å²) in [6.45, 7) is 3.77. The SMILES string of the molecule is COc1ccc(-c2[nH]ncc2CNCc2ccc(N3CCCC3)nc2)cc1.Cl. The second kappa shape index (κ2) is 9.57. The smallest absolute Gasteiger partial charge is 0.128 e. The van der Waals surface area contributed by atoms with E-state index in [2.05, 4.69) is 37.5 Å². The Morgan fingerprint density at radius 3 is 2.50 bits per heavy atom. The van der Waals surface area contributed by atoms with Gasteiger partial charge in [-0.15, -0.1) is 12.4 Å². The molecule has 1 saturated heterocycles. The van der Waals surface area contributed by atoms with Crippen LogP contribution in [-0.2, 0) is 13.1 Å². The normalized spacial score (nSPS) is 13.4. The summed E-state index contributed by atoms with van der Waals surface area (Å²) < 4.78 is 5.22. The van der Waals surface area contributed by atoms with Gasteiger partial charge in [0.25, 0.3) is 0 Å². The van der Waals surface area contributed by atoms with Crippen LogP contribution >= 0.6 is 12.4 Å². The molecule has 28 heavy (non-hydrogen) atoms. The van der Waals surface area contributed by atoms with Crippen LogP contribution in [-0.4, -0.2) is 35.4 Å². The number of anilines is 1. The minimum Gasteiger partial charge on any atom is -0.497 e. The highest BCUT2D eigenvalue weighted by molar-refractivity contribution is 5.85. The number of benzene rings is 1. The Balaban J connectivity index is 0.00000225. The van der Waals surface area contributed by atoms with E-state index in [4.69, 9.17) is 4.74 Å². The Labute approximate surface area is 171 Å². The molecule has 0 saturated carbocycles. The van der Waals surface area contributed by atoms with E-state index < -0.39 is 0 Å². The van der Waals surface area contributed by atoms with E-state index in [1.54, 1.807) is 7.11 Å². The van der Waals surface area contributed by atoms with Crippen molar-refractivity contribution in [2.45, 2.75) is 25.9 Å². The van der Waals surface area contributed by atoms with Crippen molar-refractivity contribution in [2.75, 3.05) is 25.1 Å². The number of rotatable bonds is 7. The van der Waals surface area contributed by atoms with Crippen molar-refractivity contribution in [3.63, 3.8) is 0 Å². The monoisotopic (exact) mass is 399 g/mol. The Morgan fingerprint density at radius 2 is 1.82 bits per heavy atom. The van der Waals surface area contributed by atoms with Crippen molar-refractivity contribution in [3.8, 4) is 17.0 Å². The molecule has 0 atom stereocenters. The molecule has 0 unspecified atom stereocenters. The van der Waals surface area contributed by atoms with Crippen LogP contribution in [0.1, 0.15) is 24.0 Å². The number of halogens is 1. The Kier molecular flexibility index (Phi) is 6.90. The number of aromatic nitrogens is 3. The van der Waals surface area contributed by atoms with Crippen LogP contribution in [0.3, 0.4) is 0 Å². The molecule has 3 aromatic rings. The zero-order valence-electron chi connectivity index (χ0n) is 16.0. The first-order valence-corrected chi connectivity index (χ1v) is 9.41. The number of nitrogens with zero attached hydrogens (tertiary/aromatic N) is 3. The molecule has 0 amide bonds. The van der Waals surface area contributed by atoms with Gasteiger partial charge in [0.15, 0.2) is 0 Å². The quantitative estimate of drug-likeness (QED) is 0.632. The third-order valence-electron chi connectivity index (χ3n) is 4.98. The molecular weight excluding hydrogens is 374 g/mol. The maximum absolute atomic E-state index is 5.22. The summed E-state index contributed by atoms with van der Waals surface area (Å²) in [6.07, 6.45) is 6.39. The molecule has 1 aromatic carbocycles. The molecule has 0 radical (unpaired) electrons. The van der Waals surface area contributed by atoms with Crippen molar-refractivity contribution in [1.82, 2.24) is 20.5 Å². The number of nitrogens with one attached hydrogen (secondary N) is 2. The van der Waals surface area contributed by atoms with E-state index in [0.717, 1.165) is 54.6 Å². The zero-order valence-corrected chi connectivity index (χ0v) is 16.8. The number of pyridine rings is 1. The minimum atomic E-state index is 0. The lowest BCUT2D eigenvalue weighted by atomic mass is 10.1. The third kappa shape index (κ3) is 4.64. The number of hydrogen-bond donors (Lipinski definition) is 2. The van der Waals surface area contributed by atoms with E-state index in [1.165, 1.54) is 18.4 Å². The lowest BCUT2D eigenvalue weighted by Crippen LogP contribution is -2.19. The average molecular weight is 400 g/mol. The van der Waals surface area contributed by atoms with Crippen molar-refractivity contribution >= 4 is 18.2 Å². The molecule has 3 heterocycles. The second-order valence-corrected chi connectivity index (χ2v) is 6.82. The fraction of sp³-hybridized carbons (Fsp3) is 0.333. The fourth-order valence-corrected chi connectivity index (χ4v) is 3.45. The molecule has 0 spiro atoms. The van der Waals surface area contributed by atoms with Crippen molar-refractivity contribution in [1.29, 1.82) is 0 Å². The number of aromatic amines is 1. The molecule has 1 aliphatic rings. The summed E-state index contributed by atoms with van der Waals surface area (Å²) in [5.74, 6) is 1.94. The summed E-state index contributed by atoms with van der Waals surface area (Å²) in [7, 11) is 1.67. The number of ether oxygens (including phenoxy) is 1. The number of hydrogen-bond acceptors (Lipinski definition) is 5. The van der Waals surface area contributed by atoms with E-state index >= 15 is 0 Å². The maximum atomic E-state index is 5.22. The van der Waals surface area contributed by atoms with Gasteiger partial charge in [-0.05, 0) is 48.7 Å². The molecule has 6 nitrogen and oxygen atoms in total. The zero-order chi connectivity index (χ0) is 18.5. The molecule has 2 aromatic heterocycles. The molecule has 7 heteroatoms. The molecular formula is C21H26ClN5O. The standard InChI is InChI=1S/C21H25N5O.ClH/c1-27-19-7-5-17(6-8-19)21-18(15-24-25-21)14-22-12-16-4-9-20(23-13-16)26-10-2-3-11-26;/h4-9,13,15,22H,2-3,10-12,14H2,1H3,(H,24,25);1H. The summed E-state index contributed by atoms with van der Waals surface area (Å²) in [4.78, 5) is 6.96. The van der Waals surface area contributed by atoms with Crippen molar-refractivity contribution in [3.05, 3.63) is 59.9 Å². The lowest BCUT2D eigenvalue weighted by molar-refractivity contribution is 0.415. The predicted molar refractivity (Wildman–Crippen MR) is 114 cm³/mol. The van der Waals surface area contributed by atoms with E-state index in [1.807, 2.05) is 36.7 Å². The van der Waals surface area contributed by atoms with Gasteiger partial charge in [-0.1, -0.05) is 6.07 Å². The first-order valence-electron chi connectivity index (χ1n) is 9.41. The van der Waals surface area contributed by atoms with Crippen molar-refractivity contribution in [2.24, 2.45) is 0 Å². The highest BCUT2D eigenvalue weighted by atomic mass is 35.5. The summed E-state index contributed by atoms with van der Waals surface area (Å²) >= 11 is 0. The van der Waals surface area contributed by atoms with Crippen LogP contribution in [0, 0.1) is 0 Å². The van der Waals surface area contributed by atoms with Crippen LogP contribution in [0.25, 0.3) is 11.3 Å². The largest absolute Gasteiger partial charge is 0.497 e. The van der Waals surface area contributed by atoms with Gasteiger partial charge in [-0.2, -0.15) is 5.10 Å². The fourth-order valence-electron chi connectivity index (χ4n) is 3.45. The molecule has 4 rings (SSSR count). The molecule has 0 aliphatic carbocycles. The van der Waals surface area contributed by atoms with Crippen LogP contribution < -0.4 is 15.0 Å². The summed E-state index contributed by atoms with van der Waals surface area (Å²) in [5, 5.41) is 10.8. The molecule has 1 aliphatic heterocycles. The number of methoxy groups -OCH3 is 1. The summed E-state index contributed by atoms with van der Waals surface area (Å²) in [5.41, 5.74) is 4.46. The van der Waals surface area contributed by atoms with Gasteiger partial charge in [0, 0.05) is 43.5 Å². The van der Waals surface area contributed by atoms with Gasteiger partial charge in [0.2, 0.25) is 0 Å². The van der Waals surface area contributed by atoms with Gasteiger partial charge in [-0.3, -0.25) is 5.10 Å². The molecule has 1 fully saturated rings. The maximum Gasteiger partial charge on any atom is 0.128 e. The van der Waals surface area contributed by atoms with Gasteiger partial charge in [-0.25, -0.2) is 4.98 Å². The van der Waals surface area contributed by atoms with Crippen LogP contribution in [0.5, 0.6) is 5.75 Å². The van der Waals surface area contributed by atoms with Gasteiger partial charge >= 0.3 is 0 Å². The van der Waals surface area contributed by atoms with Crippen molar-refractivity contribution < 1.29 is 4.74 Å². The molecule has 2 N–H and O–H groups in total. The third-order valence-corrected chi connectivity index (χ3v) is 4.98. The average Bonchev–Trinajstić information content (AvgIpc) is 3.41. The van der Waals surface area contributed by atoms with E-state index in [9.17, 15) is 0 Å². The number of H-pyrrole nitrogens is 1. The predicted octanol–water partition coefficient (Wildman–Crippen LogP) is 3.79. The first-order chi connectivity index (χ1) is 13.3. The van der Waals surface area contributed by atoms with Gasteiger partial charge < -0.3 is 15.0 Å². The van der Waals surface area contributed by atoms with E-state index in [0.29, 0.717) is 0 Å². The van der Waals surface area contributed by atoms with Gasteiger partial charge in [0.1, 0.15) is 11.6 Å². The lowest BCUT2D eigenvalue weighted by Gasteiger charge is -2.16. The van der Waals surface area contributed by atoms with Crippen LogP contribution in [0.15, 0.2) is 48.8 Å². The summed E-state index contributed by atoms with van der Waals surface area (Å²) in [6, 6.07) is 12.3. The molecule has 0 bridgehead atoms. The Morgan fingerprint density at radius 1 is 1.04 bits per heavy atom. The Bertz CT molecular complexity index is 857. The highest BCUT2D eigenvalue weighted by Gasteiger charge is 2.13. The van der Waals surface area contributed by atoms with Crippen LogP contribution in [0.4, 0.5) is 5.82 Å². The highest BCUT2D eigenvalue weighted by Crippen LogP contribution is 2.23. The topological polar surface area (TPSA) is 66.1 Å². The van der Waals surface area contributed by atoms with Crippen LogP contribution in [0.2, 0.25) is 0 Å². The van der Waals surface area contributed by atoms with Gasteiger partial charge in [0.05, 0.1) is 19.0 Å². The Hall–Kier alpha value is -2.57. The minimum absolute atomic E-state index is 0. The first kappa shape index (κ1) is 20.2. The van der Waals surface area contributed by atoms with E-state index in [-0.39, 0.29) is 12.4 Å². The molecule has 148 valence electrons.